The van der Waals surface area contributed by atoms with Gasteiger partial charge in [0.05, 0.1) is 11.1 Å². The second kappa shape index (κ2) is 6.54. The van der Waals surface area contributed by atoms with Crippen molar-refractivity contribution in [2.75, 3.05) is 0 Å². The second-order valence-electron chi connectivity index (χ2n) is 5.29. The zero-order valence-corrected chi connectivity index (χ0v) is 13.6. The van der Waals surface area contributed by atoms with Crippen molar-refractivity contribution in [3.05, 3.63) is 43.8 Å². The molecule has 1 N–H and O–H groups in total. The number of hydrazone groups is 1. The van der Waals surface area contributed by atoms with Crippen LogP contribution in [0.4, 0.5) is 0 Å². The van der Waals surface area contributed by atoms with Crippen LogP contribution in [0.1, 0.15) is 44.8 Å². The molecule has 1 amide bonds. The van der Waals surface area contributed by atoms with E-state index in [1.807, 2.05) is 17.5 Å². The Labute approximate surface area is 132 Å². The van der Waals surface area contributed by atoms with Crippen molar-refractivity contribution in [1.82, 2.24) is 5.43 Å². The molecular weight excluding hydrogens is 300 g/mol. The molecule has 2 aromatic heterocycles. The number of nitrogens with one attached hydrogen (secondary N) is 1. The predicted molar refractivity (Wildman–Crippen MR) is 89.5 cm³/mol. The minimum atomic E-state index is -0.102. The molecule has 5 heteroatoms. The molecule has 2 heterocycles. The van der Waals surface area contributed by atoms with Crippen molar-refractivity contribution in [2.24, 2.45) is 11.0 Å². The molecule has 0 fully saturated rings. The summed E-state index contributed by atoms with van der Waals surface area (Å²) < 4.78 is 0. The molecule has 0 bridgehead atoms. The molecule has 21 heavy (non-hydrogen) atoms. The van der Waals surface area contributed by atoms with Crippen molar-refractivity contribution in [3.8, 4) is 0 Å². The fourth-order valence-electron chi connectivity index (χ4n) is 2.63. The van der Waals surface area contributed by atoms with Gasteiger partial charge in [-0.3, -0.25) is 4.79 Å². The van der Waals surface area contributed by atoms with Crippen LogP contribution in [0.25, 0.3) is 0 Å². The summed E-state index contributed by atoms with van der Waals surface area (Å²) >= 11 is 3.22. The first-order valence-electron chi connectivity index (χ1n) is 7.24. The van der Waals surface area contributed by atoms with Crippen LogP contribution in [0, 0.1) is 5.92 Å². The second-order valence-corrected chi connectivity index (χ2v) is 7.41. The molecule has 0 aliphatic heterocycles. The molecule has 3 rings (SSSR count). The highest BCUT2D eigenvalue weighted by Crippen LogP contribution is 2.33. The van der Waals surface area contributed by atoms with Gasteiger partial charge in [0.2, 0.25) is 0 Å². The van der Waals surface area contributed by atoms with Gasteiger partial charge in [0, 0.05) is 9.75 Å². The average molecular weight is 318 g/mol. The summed E-state index contributed by atoms with van der Waals surface area (Å²) in [6.45, 7) is 2.24. The Bertz CT molecular complexity index is 643. The number of fused-ring (bicyclic) bond motifs is 1. The highest BCUT2D eigenvalue weighted by Gasteiger charge is 2.21. The Balaban J connectivity index is 1.64. The lowest BCUT2D eigenvalue weighted by molar-refractivity contribution is 0.0959. The van der Waals surface area contributed by atoms with Gasteiger partial charge >= 0.3 is 0 Å². The van der Waals surface area contributed by atoms with E-state index in [-0.39, 0.29) is 5.91 Å². The molecule has 0 spiro atoms. The van der Waals surface area contributed by atoms with E-state index >= 15 is 0 Å². The Morgan fingerprint density at radius 2 is 2.48 bits per heavy atom. The van der Waals surface area contributed by atoms with E-state index in [4.69, 9.17) is 0 Å². The van der Waals surface area contributed by atoms with Crippen molar-refractivity contribution in [3.63, 3.8) is 0 Å². The normalized spacial score (nSPS) is 17.9. The van der Waals surface area contributed by atoms with E-state index in [1.165, 1.54) is 23.3 Å². The maximum absolute atomic E-state index is 12.1. The van der Waals surface area contributed by atoms with Gasteiger partial charge < -0.3 is 0 Å². The van der Waals surface area contributed by atoms with Crippen LogP contribution in [-0.2, 0) is 12.8 Å². The number of thiophene rings is 2. The maximum Gasteiger partial charge on any atom is 0.281 e. The van der Waals surface area contributed by atoms with Gasteiger partial charge in [0.15, 0.2) is 0 Å². The lowest BCUT2D eigenvalue weighted by atomic mass is 9.87. The third kappa shape index (κ3) is 3.41. The van der Waals surface area contributed by atoms with Crippen LogP contribution < -0.4 is 5.43 Å². The van der Waals surface area contributed by atoms with E-state index < -0.39 is 0 Å². The van der Waals surface area contributed by atoms with Crippen LogP contribution in [-0.4, -0.2) is 12.1 Å². The Morgan fingerprint density at radius 3 is 3.24 bits per heavy atom. The van der Waals surface area contributed by atoms with Gasteiger partial charge in [-0.1, -0.05) is 19.4 Å². The summed E-state index contributed by atoms with van der Waals surface area (Å²) in [7, 11) is 0. The highest BCUT2D eigenvalue weighted by molar-refractivity contribution is 7.14. The third-order valence-electron chi connectivity index (χ3n) is 3.89. The van der Waals surface area contributed by atoms with E-state index in [1.54, 1.807) is 28.9 Å². The van der Waals surface area contributed by atoms with Gasteiger partial charge in [-0.25, -0.2) is 5.43 Å². The molecule has 1 atom stereocenters. The largest absolute Gasteiger partial charge is 0.281 e. The molecule has 3 nitrogen and oxygen atoms in total. The third-order valence-corrected chi connectivity index (χ3v) is 5.93. The number of hydrogen-bond donors (Lipinski definition) is 1. The van der Waals surface area contributed by atoms with E-state index in [2.05, 4.69) is 23.5 Å². The monoisotopic (exact) mass is 318 g/mol. The first-order valence-corrected chi connectivity index (χ1v) is 8.94. The van der Waals surface area contributed by atoms with Crippen molar-refractivity contribution < 1.29 is 4.79 Å². The molecule has 0 aromatic carbocycles. The van der Waals surface area contributed by atoms with E-state index in [9.17, 15) is 4.79 Å². The first-order chi connectivity index (χ1) is 10.3. The molecular formula is C16H18N2OS2. The Kier molecular flexibility index (Phi) is 4.51. The lowest BCUT2D eigenvalue weighted by Crippen LogP contribution is -2.16. The number of carbonyl (C=O) groups excluding carboxylic acids is 1. The Hall–Kier alpha value is -1.46. The van der Waals surface area contributed by atoms with Crippen molar-refractivity contribution in [1.29, 1.82) is 0 Å². The van der Waals surface area contributed by atoms with Crippen molar-refractivity contribution in [2.45, 2.75) is 32.6 Å². The zero-order valence-electron chi connectivity index (χ0n) is 12.0. The molecule has 1 aliphatic carbocycles. The molecule has 0 saturated heterocycles. The minimum Gasteiger partial charge on any atom is -0.266 e. The van der Waals surface area contributed by atoms with E-state index in [0.717, 1.165) is 28.5 Å². The smallest absolute Gasteiger partial charge is 0.266 e. The van der Waals surface area contributed by atoms with Crippen LogP contribution in [0.3, 0.4) is 0 Å². The number of hydrogen-bond acceptors (Lipinski definition) is 4. The summed E-state index contributed by atoms with van der Waals surface area (Å²) in [5.74, 6) is 0.676. The lowest BCUT2D eigenvalue weighted by Gasteiger charge is -2.19. The quantitative estimate of drug-likeness (QED) is 0.669. The first kappa shape index (κ1) is 14.5. The van der Waals surface area contributed by atoms with Crippen LogP contribution in [0.5, 0.6) is 0 Å². The van der Waals surface area contributed by atoms with E-state index in [0.29, 0.717) is 0 Å². The van der Waals surface area contributed by atoms with Gasteiger partial charge in [-0.15, -0.1) is 22.7 Å². The summed E-state index contributed by atoms with van der Waals surface area (Å²) in [4.78, 5) is 15.3. The van der Waals surface area contributed by atoms with Gasteiger partial charge in [0.25, 0.3) is 5.91 Å². The molecule has 0 saturated carbocycles. The fraction of sp³-hybridized carbons (Fsp3) is 0.375. The van der Waals surface area contributed by atoms with Crippen LogP contribution in [0.15, 0.2) is 28.7 Å². The van der Waals surface area contributed by atoms with Gasteiger partial charge in [0.1, 0.15) is 0 Å². The summed E-state index contributed by atoms with van der Waals surface area (Å²) in [5.41, 5.74) is 3.99. The SMILES string of the molecule is CC[C@@H]1CCc2sc(C(=O)N/N=C\c3cccs3)cc2C1. The average Bonchev–Trinajstić information content (AvgIpc) is 3.15. The summed E-state index contributed by atoms with van der Waals surface area (Å²) in [6, 6.07) is 5.98. The standard InChI is InChI=1S/C16H18N2OS2/c1-2-11-5-6-14-12(8-11)9-15(21-14)16(19)18-17-10-13-4-3-7-20-13/h3-4,7,9-11H,2,5-6,8H2,1H3,(H,18,19)/b17-10-/t11-/m1/s1. The number of amides is 1. The summed E-state index contributed by atoms with van der Waals surface area (Å²) in [6.07, 6.45) is 6.39. The summed E-state index contributed by atoms with van der Waals surface area (Å²) in [5, 5.41) is 6.01. The highest BCUT2D eigenvalue weighted by atomic mass is 32.1. The number of rotatable bonds is 4. The fourth-order valence-corrected chi connectivity index (χ4v) is 4.32. The minimum absolute atomic E-state index is 0.102. The van der Waals surface area contributed by atoms with Gasteiger partial charge in [-0.05, 0) is 48.3 Å². The maximum atomic E-state index is 12.1. The van der Waals surface area contributed by atoms with Gasteiger partial charge in [-0.2, -0.15) is 5.10 Å². The van der Waals surface area contributed by atoms with Crippen LogP contribution in [0.2, 0.25) is 0 Å². The molecule has 0 unspecified atom stereocenters. The predicted octanol–water partition coefficient (Wildman–Crippen LogP) is 4.09. The molecule has 1 aliphatic rings. The number of nitrogens with zero attached hydrogens (tertiary/aromatic N) is 1. The molecule has 0 radical (unpaired) electrons. The Morgan fingerprint density at radius 1 is 1.57 bits per heavy atom. The molecule has 110 valence electrons. The molecule has 2 aromatic rings. The zero-order chi connectivity index (χ0) is 14.7. The van der Waals surface area contributed by atoms with Crippen LogP contribution >= 0.6 is 22.7 Å². The topological polar surface area (TPSA) is 41.5 Å². The number of aryl methyl sites for hydroxylation is 1. The number of carbonyl (C=O) groups is 1. The van der Waals surface area contributed by atoms with Crippen molar-refractivity contribution >= 4 is 34.8 Å².